The highest BCUT2D eigenvalue weighted by atomic mass is 35.5. The van der Waals surface area contributed by atoms with E-state index in [2.05, 4.69) is 4.98 Å². The van der Waals surface area contributed by atoms with Gasteiger partial charge in [0.2, 0.25) is 0 Å². The third kappa shape index (κ3) is 3.51. The molecule has 32 heavy (non-hydrogen) atoms. The first-order valence-corrected chi connectivity index (χ1v) is 10.2. The second kappa shape index (κ2) is 8.14. The SMILES string of the molecule is CC(OC(=O)[C@H](C)N1C(=O)c2cc(Cl)c(Cl)cc2C1=O)c1nc2ccccc2n1C(F)F. The van der Waals surface area contributed by atoms with Gasteiger partial charge in [0.1, 0.15) is 6.04 Å². The van der Waals surface area contributed by atoms with E-state index in [9.17, 15) is 23.2 Å². The van der Waals surface area contributed by atoms with Gasteiger partial charge in [-0.15, -0.1) is 0 Å². The molecule has 0 fully saturated rings. The Bertz CT molecular complexity index is 1240. The second-order valence-corrected chi connectivity index (χ2v) is 7.97. The Labute approximate surface area is 190 Å². The number of imidazole rings is 1. The molecule has 1 aliphatic rings. The van der Waals surface area contributed by atoms with Crippen LogP contribution in [0.4, 0.5) is 8.78 Å². The molecule has 0 saturated heterocycles. The van der Waals surface area contributed by atoms with Crippen LogP contribution >= 0.6 is 23.2 Å². The summed E-state index contributed by atoms with van der Waals surface area (Å²) in [6, 6.07) is 7.46. The van der Waals surface area contributed by atoms with E-state index in [4.69, 9.17) is 27.9 Å². The fourth-order valence-corrected chi connectivity index (χ4v) is 3.92. The first-order chi connectivity index (χ1) is 15.1. The molecule has 0 radical (unpaired) electrons. The summed E-state index contributed by atoms with van der Waals surface area (Å²) < 4.78 is 33.3. The first kappa shape index (κ1) is 22.2. The van der Waals surface area contributed by atoms with Crippen LogP contribution in [0.1, 0.15) is 53.0 Å². The third-order valence-corrected chi connectivity index (χ3v) is 5.88. The summed E-state index contributed by atoms with van der Waals surface area (Å²) in [6.07, 6.45) is -1.18. The largest absolute Gasteiger partial charge is 0.453 e. The van der Waals surface area contributed by atoms with Crippen molar-refractivity contribution in [2.45, 2.75) is 32.5 Å². The van der Waals surface area contributed by atoms with E-state index in [1.807, 2.05) is 0 Å². The zero-order chi connectivity index (χ0) is 23.3. The number of esters is 1. The number of amides is 2. The average molecular weight is 482 g/mol. The van der Waals surface area contributed by atoms with Crippen LogP contribution in [0.2, 0.25) is 10.0 Å². The summed E-state index contributed by atoms with van der Waals surface area (Å²) in [4.78, 5) is 43.0. The topological polar surface area (TPSA) is 81.5 Å². The van der Waals surface area contributed by atoms with Crippen LogP contribution in [0.5, 0.6) is 0 Å². The van der Waals surface area contributed by atoms with E-state index in [0.29, 0.717) is 10.1 Å². The maximum absolute atomic E-state index is 13.7. The number of benzene rings is 2. The second-order valence-electron chi connectivity index (χ2n) is 7.15. The average Bonchev–Trinajstić information content (AvgIpc) is 3.24. The van der Waals surface area contributed by atoms with Crippen molar-refractivity contribution in [3.8, 4) is 0 Å². The lowest BCUT2D eigenvalue weighted by Gasteiger charge is -2.23. The summed E-state index contributed by atoms with van der Waals surface area (Å²) in [5.41, 5.74) is 0.517. The molecule has 0 aliphatic carbocycles. The molecule has 2 amide bonds. The zero-order valence-corrected chi connectivity index (χ0v) is 18.2. The molecule has 2 atom stereocenters. The van der Waals surface area contributed by atoms with Crippen molar-refractivity contribution in [1.82, 2.24) is 14.5 Å². The number of hydrogen-bond acceptors (Lipinski definition) is 5. The van der Waals surface area contributed by atoms with E-state index in [1.165, 1.54) is 32.0 Å². The summed E-state index contributed by atoms with van der Waals surface area (Å²) in [7, 11) is 0. The molecule has 4 rings (SSSR count). The van der Waals surface area contributed by atoms with Gasteiger partial charge in [-0.25, -0.2) is 9.78 Å². The number of hydrogen-bond donors (Lipinski definition) is 0. The Morgan fingerprint density at radius 2 is 1.59 bits per heavy atom. The number of nitrogens with zero attached hydrogens (tertiary/aromatic N) is 3. The monoisotopic (exact) mass is 481 g/mol. The Kier molecular flexibility index (Phi) is 5.64. The number of aromatic nitrogens is 2. The number of imide groups is 1. The van der Waals surface area contributed by atoms with Crippen molar-refractivity contribution in [3.63, 3.8) is 0 Å². The van der Waals surface area contributed by atoms with Crippen molar-refractivity contribution < 1.29 is 27.9 Å². The molecule has 7 nitrogen and oxygen atoms in total. The van der Waals surface area contributed by atoms with Gasteiger partial charge in [-0.3, -0.25) is 19.1 Å². The summed E-state index contributed by atoms with van der Waals surface area (Å²) in [5.74, 6) is -2.60. The molecule has 0 N–H and O–H groups in total. The normalized spacial score (nSPS) is 15.4. The number of fused-ring (bicyclic) bond motifs is 2. The minimum Gasteiger partial charge on any atom is -0.453 e. The molecule has 3 aromatic rings. The molecule has 0 saturated carbocycles. The molecule has 166 valence electrons. The number of para-hydroxylation sites is 2. The lowest BCUT2D eigenvalue weighted by atomic mass is 10.1. The molecule has 0 spiro atoms. The van der Waals surface area contributed by atoms with Crippen LogP contribution in [-0.2, 0) is 9.53 Å². The number of carbonyl (C=O) groups excluding carboxylic acids is 3. The van der Waals surface area contributed by atoms with Crippen LogP contribution in [0.3, 0.4) is 0 Å². The fourth-order valence-electron chi connectivity index (χ4n) is 3.59. The standard InChI is InChI=1S/C21H15Cl2F2N3O4/c1-9(27-18(29)11-7-13(22)14(23)8-12(11)19(27)30)20(31)32-10(2)17-26-15-5-3-4-6-16(15)28(17)21(24)25/h3-10,21H,1-2H3/t9-,10?/m0/s1. The molecule has 1 unspecified atom stereocenters. The highest BCUT2D eigenvalue weighted by Gasteiger charge is 2.42. The van der Waals surface area contributed by atoms with Gasteiger partial charge in [-0.1, -0.05) is 35.3 Å². The fraction of sp³-hybridized carbons (Fsp3) is 0.238. The summed E-state index contributed by atoms with van der Waals surface area (Å²) >= 11 is 11.9. The van der Waals surface area contributed by atoms with Crippen LogP contribution < -0.4 is 0 Å². The number of carbonyl (C=O) groups is 3. The van der Waals surface area contributed by atoms with Crippen molar-refractivity contribution in [2.24, 2.45) is 0 Å². The van der Waals surface area contributed by atoms with E-state index >= 15 is 0 Å². The van der Waals surface area contributed by atoms with Gasteiger partial charge in [0.25, 0.3) is 11.8 Å². The van der Waals surface area contributed by atoms with E-state index in [1.54, 1.807) is 18.2 Å². The van der Waals surface area contributed by atoms with Crippen molar-refractivity contribution in [3.05, 3.63) is 63.4 Å². The number of halogens is 4. The number of alkyl halides is 2. The highest BCUT2D eigenvalue weighted by Crippen LogP contribution is 2.33. The maximum Gasteiger partial charge on any atom is 0.329 e. The van der Waals surface area contributed by atoms with Crippen molar-refractivity contribution >= 4 is 52.0 Å². The summed E-state index contributed by atoms with van der Waals surface area (Å²) in [5, 5.41) is 0.173. The third-order valence-electron chi connectivity index (χ3n) is 5.16. The molecule has 1 aliphatic heterocycles. The van der Waals surface area contributed by atoms with Crippen LogP contribution in [0, 0.1) is 0 Å². The smallest absolute Gasteiger partial charge is 0.329 e. The molecular formula is C21H15Cl2F2N3O4. The Balaban J connectivity index is 1.58. The van der Waals surface area contributed by atoms with Gasteiger partial charge in [-0.05, 0) is 38.1 Å². The molecule has 1 aromatic heterocycles. The lowest BCUT2D eigenvalue weighted by Crippen LogP contribution is -2.44. The van der Waals surface area contributed by atoms with Gasteiger partial charge in [0.05, 0.1) is 32.2 Å². The molecule has 0 bridgehead atoms. The Morgan fingerprint density at radius 1 is 1.03 bits per heavy atom. The predicted octanol–water partition coefficient (Wildman–Crippen LogP) is 5.03. The molecular weight excluding hydrogens is 467 g/mol. The van der Waals surface area contributed by atoms with Crippen LogP contribution in [-0.4, -0.2) is 38.3 Å². The zero-order valence-electron chi connectivity index (χ0n) is 16.7. The van der Waals surface area contributed by atoms with Gasteiger partial charge in [-0.2, -0.15) is 8.78 Å². The molecule has 11 heteroatoms. The Hall–Kier alpha value is -3.04. The molecule has 2 heterocycles. The number of ether oxygens (including phenoxy) is 1. The lowest BCUT2D eigenvalue weighted by molar-refractivity contribution is -0.153. The highest BCUT2D eigenvalue weighted by molar-refractivity contribution is 6.43. The van der Waals surface area contributed by atoms with Crippen LogP contribution in [0.25, 0.3) is 11.0 Å². The van der Waals surface area contributed by atoms with Gasteiger partial charge < -0.3 is 4.74 Å². The maximum atomic E-state index is 13.7. The number of rotatable bonds is 5. The minimum absolute atomic E-state index is 0.0107. The quantitative estimate of drug-likeness (QED) is 0.377. The van der Waals surface area contributed by atoms with Gasteiger partial charge in [0.15, 0.2) is 11.9 Å². The Morgan fingerprint density at radius 3 is 2.16 bits per heavy atom. The van der Waals surface area contributed by atoms with Gasteiger partial charge >= 0.3 is 12.5 Å². The van der Waals surface area contributed by atoms with Crippen molar-refractivity contribution in [2.75, 3.05) is 0 Å². The predicted molar refractivity (Wildman–Crippen MR) is 112 cm³/mol. The van der Waals surface area contributed by atoms with E-state index in [0.717, 1.165) is 4.90 Å². The minimum atomic E-state index is -2.92. The molecule has 2 aromatic carbocycles. The first-order valence-electron chi connectivity index (χ1n) is 9.44. The van der Waals surface area contributed by atoms with Crippen molar-refractivity contribution in [1.29, 1.82) is 0 Å². The van der Waals surface area contributed by atoms with E-state index < -0.39 is 36.5 Å². The van der Waals surface area contributed by atoms with Gasteiger partial charge in [0, 0.05) is 0 Å². The van der Waals surface area contributed by atoms with Crippen LogP contribution in [0.15, 0.2) is 36.4 Å². The van der Waals surface area contributed by atoms with E-state index in [-0.39, 0.29) is 32.5 Å². The summed E-state index contributed by atoms with van der Waals surface area (Å²) in [6.45, 7) is -0.232.